The van der Waals surface area contributed by atoms with Crippen molar-refractivity contribution in [1.29, 1.82) is 0 Å². The Hall–Kier alpha value is -2.22. The third-order valence-electron chi connectivity index (χ3n) is 2.29. The molecule has 2 aromatic rings. The molecule has 0 fully saturated rings. The van der Waals surface area contributed by atoms with Gasteiger partial charge in [-0.05, 0) is 16.8 Å². The summed E-state index contributed by atoms with van der Waals surface area (Å²) in [5, 5.41) is 2.98. The standard InChI is InChI=1S/C14H11NO/c16-15-14-9-5-4-8-13(14)11-10-12-6-2-1-3-7-12/h1-11H. The predicted molar refractivity (Wildman–Crippen MR) is 67.3 cm³/mol. The molecule has 0 spiro atoms. The highest BCUT2D eigenvalue weighted by molar-refractivity contribution is 5.75. The maximum Gasteiger partial charge on any atom is 0.115 e. The first-order valence-corrected chi connectivity index (χ1v) is 5.05. The topological polar surface area (TPSA) is 29.4 Å². The van der Waals surface area contributed by atoms with Gasteiger partial charge in [-0.1, -0.05) is 60.7 Å². The summed E-state index contributed by atoms with van der Waals surface area (Å²) in [6.07, 6.45) is 3.86. The maximum atomic E-state index is 10.6. The highest BCUT2D eigenvalue weighted by Gasteiger charge is 1.96. The molecule has 0 unspecified atom stereocenters. The Labute approximate surface area is 94.2 Å². The second-order valence-electron chi connectivity index (χ2n) is 3.39. The molecular formula is C14H11NO. The first kappa shape index (κ1) is 10.3. The zero-order valence-electron chi connectivity index (χ0n) is 8.71. The summed E-state index contributed by atoms with van der Waals surface area (Å²) in [4.78, 5) is 10.6. The summed E-state index contributed by atoms with van der Waals surface area (Å²) in [6, 6.07) is 17.2. The number of hydrogen-bond acceptors (Lipinski definition) is 2. The molecule has 2 nitrogen and oxygen atoms in total. The lowest BCUT2D eigenvalue weighted by atomic mass is 10.1. The highest BCUT2D eigenvalue weighted by Crippen LogP contribution is 2.20. The molecule has 0 radical (unpaired) electrons. The number of benzene rings is 2. The number of hydrogen-bond donors (Lipinski definition) is 0. The molecule has 0 aliphatic carbocycles. The Morgan fingerprint density at radius 2 is 1.50 bits per heavy atom. The maximum absolute atomic E-state index is 10.6. The van der Waals surface area contributed by atoms with E-state index in [0.29, 0.717) is 5.69 Å². The molecule has 2 rings (SSSR count). The van der Waals surface area contributed by atoms with E-state index in [2.05, 4.69) is 5.18 Å². The van der Waals surface area contributed by atoms with Crippen molar-refractivity contribution in [2.75, 3.05) is 0 Å². The van der Waals surface area contributed by atoms with Crippen LogP contribution in [0.4, 0.5) is 5.69 Å². The molecule has 0 N–H and O–H groups in total. The fourth-order valence-electron chi connectivity index (χ4n) is 1.46. The predicted octanol–water partition coefficient (Wildman–Crippen LogP) is 4.25. The fourth-order valence-corrected chi connectivity index (χ4v) is 1.46. The number of rotatable bonds is 3. The Kier molecular flexibility index (Phi) is 3.24. The molecule has 0 bridgehead atoms. The second-order valence-corrected chi connectivity index (χ2v) is 3.39. The zero-order chi connectivity index (χ0) is 11.2. The summed E-state index contributed by atoms with van der Waals surface area (Å²) < 4.78 is 0. The molecule has 2 heteroatoms. The Bertz CT molecular complexity index is 503. The van der Waals surface area contributed by atoms with Gasteiger partial charge in [0.05, 0.1) is 0 Å². The van der Waals surface area contributed by atoms with Crippen molar-refractivity contribution in [2.24, 2.45) is 5.18 Å². The van der Waals surface area contributed by atoms with Gasteiger partial charge in [-0.2, -0.15) is 0 Å². The summed E-state index contributed by atoms with van der Waals surface area (Å²) in [5.74, 6) is 0. The van der Waals surface area contributed by atoms with Crippen molar-refractivity contribution < 1.29 is 0 Å². The number of nitrogens with zero attached hydrogens (tertiary/aromatic N) is 1. The molecule has 0 aromatic heterocycles. The van der Waals surface area contributed by atoms with Gasteiger partial charge >= 0.3 is 0 Å². The van der Waals surface area contributed by atoms with Crippen LogP contribution in [-0.4, -0.2) is 0 Å². The van der Waals surface area contributed by atoms with Gasteiger partial charge in [0.15, 0.2) is 0 Å². The van der Waals surface area contributed by atoms with Crippen molar-refractivity contribution in [3.63, 3.8) is 0 Å². The van der Waals surface area contributed by atoms with Gasteiger partial charge < -0.3 is 0 Å². The second kappa shape index (κ2) is 5.03. The summed E-state index contributed by atoms with van der Waals surface area (Å²) in [7, 11) is 0. The molecule has 16 heavy (non-hydrogen) atoms. The molecule has 0 atom stereocenters. The van der Waals surface area contributed by atoms with Crippen LogP contribution in [0.3, 0.4) is 0 Å². The first-order chi connectivity index (χ1) is 7.90. The van der Waals surface area contributed by atoms with Crippen LogP contribution in [0.15, 0.2) is 59.8 Å². The molecule has 0 saturated heterocycles. The van der Waals surface area contributed by atoms with E-state index in [4.69, 9.17) is 0 Å². The van der Waals surface area contributed by atoms with Gasteiger partial charge in [0.25, 0.3) is 0 Å². The van der Waals surface area contributed by atoms with E-state index in [-0.39, 0.29) is 0 Å². The highest BCUT2D eigenvalue weighted by atomic mass is 16.3. The van der Waals surface area contributed by atoms with Gasteiger partial charge in [0, 0.05) is 5.56 Å². The zero-order valence-corrected chi connectivity index (χ0v) is 8.71. The van der Waals surface area contributed by atoms with Crippen molar-refractivity contribution in [1.82, 2.24) is 0 Å². The van der Waals surface area contributed by atoms with Crippen molar-refractivity contribution in [2.45, 2.75) is 0 Å². The van der Waals surface area contributed by atoms with Crippen LogP contribution in [-0.2, 0) is 0 Å². The van der Waals surface area contributed by atoms with E-state index < -0.39 is 0 Å². The van der Waals surface area contributed by atoms with Gasteiger partial charge in [0.1, 0.15) is 5.69 Å². The minimum Gasteiger partial charge on any atom is -0.145 e. The molecule has 0 aliphatic rings. The minimum absolute atomic E-state index is 0.467. The van der Waals surface area contributed by atoms with Crippen LogP contribution in [0, 0.1) is 4.91 Å². The van der Waals surface area contributed by atoms with Gasteiger partial charge in [-0.25, -0.2) is 0 Å². The Balaban J connectivity index is 2.27. The van der Waals surface area contributed by atoms with Crippen molar-refractivity contribution in [3.8, 4) is 0 Å². The van der Waals surface area contributed by atoms with Gasteiger partial charge in [-0.15, -0.1) is 4.91 Å². The van der Waals surface area contributed by atoms with E-state index in [1.807, 2.05) is 54.6 Å². The minimum atomic E-state index is 0.467. The molecule has 0 aliphatic heterocycles. The molecule has 0 amide bonds. The van der Waals surface area contributed by atoms with E-state index in [1.54, 1.807) is 12.1 Å². The van der Waals surface area contributed by atoms with Crippen LogP contribution in [0.5, 0.6) is 0 Å². The van der Waals surface area contributed by atoms with E-state index in [0.717, 1.165) is 11.1 Å². The Morgan fingerprint density at radius 1 is 0.812 bits per heavy atom. The summed E-state index contributed by atoms with van der Waals surface area (Å²) in [6.45, 7) is 0. The first-order valence-electron chi connectivity index (χ1n) is 5.05. The van der Waals surface area contributed by atoms with Gasteiger partial charge in [0.2, 0.25) is 0 Å². The monoisotopic (exact) mass is 209 g/mol. The average molecular weight is 209 g/mol. The quantitative estimate of drug-likeness (QED) is 0.548. The average Bonchev–Trinajstić information content (AvgIpc) is 2.38. The largest absolute Gasteiger partial charge is 0.145 e. The summed E-state index contributed by atoms with van der Waals surface area (Å²) in [5.41, 5.74) is 2.40. The van der Waals surface area contributed by atoms with E-state index >= 15 is 0 Å². The lowest BCUT2D eigenvalue weighted by Crippen LogP contribution is -1.73. The smallest absolute Gasteiger partial charge is 0.115 e. The molecule has 0 heterocycles. The normalized spacial score (nSPS) is 10.5. The summed E-state index contributed by atoms with van der Waals surface area (Å²) >= 11 is 0. The van der Waals surface area contributed by atoms with Crippen LogP contribution >= 0.6 is 0 Å². The van der Waals surface area contributed by atoms with Crippen LogP contribution in [0.2, 0.25) is 0 Å². The lowest BCUT2D eigenvalue weighted by molar-refractivity contribution is 1.48. The van der Waals surface area contributed by atoms with Crippen LogP contribution < -0.4 is 0 Å². The van der Waals surface area contributed by atoms with E-state index in [9.17, 15) is 4.91 Å². The third-order valence-corrected chi connectivity index (χ3v) is 2.29. The van der Waals surface area contributed by atoms with Crippen LogP contribution in [0.25, 0.3) is 12.2 Å². The Morgan fingerprint density at radius 3 is 2.25 bits per heavy atom. The fraction of sp³-hybridized carbons (Fsp3) is 0. The molecular weight excluding hydrogens is 198 g/mol. The SMILES string of the molecule is O=Nc1ccccc1C=Cc1ccccc1. The lowest BCUT2D eigenvalue weighted by Gasteiger charge is -1.96. The van der Waals surface area contributed by atoms with Gasteiger partial charge in [-0.3, -0.25) is 0 Å². The molecule has 2 aromatic carbocycles. The van der Waals surface area contributed by atoms with Crippen LogP contribution in [0.1, 0.15) is 11.1 Å². The van der Waals surface area contributed by atoms with E-state index in [1.165, 1.54) is 0 Å². The third kappa shape index (κ3) is 2.42. The molecule has 0 saturated carbocycles. The molecule has 78 valence electrons. The number of nitroso groups, excluding NO2 is 1. The van der Waals surface area contributed by atoms with Crippen molar-refractivity contribution in [3.05, 3.63) is 70.6 Å². The van der Waals surface area contributed by atoms with Crippen molar-refractivity contribution >= 4 is 17.8 Å².